The van der Waals surface area contributed by atoms with Crippen molar-refractivity contribution in [2.45, 2.75) is 0 Å². The van der Waals surface area contributed by atoms with Crippen LogP contribution in [-0.2, 0) is 4.79 Å². The number of carbonyl (C=O) groups excluding carboxylic acids is 1. The van der Waals surface area contributed by atoms with E-state index >= 15 is 0 Å². The molecule has 0 aliphatic rings. The molecule has 76 valence electrons. The average molecular weight is 204 g/mol. The van der Waals surface area contributed by atoms with Crippen molar-refractivity contribution in [3.05, 3.63) is 29.3 Å². The molecule has 0 spiro atoms. The number of aromatic hydroxyl groups is 2. The smallest absolute Gasteiger partial charge is 0.259 e. The van der Waals surface area contributed by atoms with Crippen LogP contribution in [-0.4, -0.2) is 16.1 Å². The summed E-state index contributed by atoms with van der Waals surface area (Å²) in [7, 11) is 0. The van der Waals surface area contributed by atoms with Crippen molar-refractivity contribution in [2.24, 2.45) is 5.73 Å². The molecule has 15 heavy (non-hydrogen) atoms. The summed E-state index contributed by atoms with van der Waals surface area (Å²) in [5.74, 6) is -1.61. The van der Waals surface area contributed by atoms with E-state index in [2.05, 4.69) is 0 Å². The lowest BCUT2D eigenvalue weighted by Gasteiger charge is -2.01. The average Bonchev–Trinajstić information content (AvgIpc) is 2.19. The third-order valence-corrected chi connectivity index (χ3v) is 1.73. The van der Waals surface area contributed by atoms with Crippen LogP contribution in [0.5, 0.6) is 11.5 Å². The fourth-order valence-corrected chi connectivity index (χ4v) is 0.979. The Morgan fingerprint density at radius 3 is 2.67 bits per heavy atom. The molecule has 0 saturated heterocycles. The number of phenolic OH excluding ortho intramolecular Hbond substituents is 2. The number of nitrogens with zero attached hydrogens (tertiary/aromatic N) is 1. The zero-order chi connectivity index (χ0) is 11.4. The van der Waals surface area contributed by atoms with E-state index in [-0.39, 0.29) is 16.9 Å². The summed E-state index contributed by atoms with van der Waals surface area (Å²) in [6.07, 6.45) is 1.11. The Morgan fingerprint density at radius 1 is 1.47 bits per heavy atom. The van der Waals surface area contributed by atoms with Gasteiger partial charge in [-0.15, -0.1) is 0 Å². The molecule has 0 heterocycles. The lowest BCUT2D eigenvalue weighted by atomic mass is 10.1. The van der Waals surface area contributed by atoms with E-state index in [1.807, 2.05) is 0 Å². The van der Waals surface area contributed by atoms with Crippen LogP contribution in [0.15, 0.2) is 23.8 Å². The molecule has 0 aliphatic heterocycles. The van der Waals surface area contributed by atoms with Crippen molar-refractivity contribution in [3.8, 4) is 17.6 Å². The van der Waals surface area contributed by atoms with E-state index in [1.54, 1.807) is 6.07 Å². The molecular weight excluding hydrogens is 196 g/mol. The number of para-hydroxylation sites is 1. The van der Waals surface area contributed by atoms with Gasteiger partial charge in [-0.1, -0.05) is 12.1 Å². The van der Waals surface area contributed by atoms with E-state index in [9.17, 15) is 9.90 Å². The van der Waals surface area contributed by atoms with Crippen LogP contribution >= 0.6 is 0 Å². The zero-order valence-electron chi connectivity index (χ0n) is 7.64. The zero-order valence-corrected chi connectivity index (χ0v) is 7.64. The topological polar surface area (TPSA) is 107 Å². The predicted molar refractivity (Wildman–Crippen MR) is 52.6 cm³/mol. The Balaban J connectivity index is 3.25. The third kappa shape index (κ3) is 2.25. The Labute approximate surface area is 85.7 Å². The number of hydrogen-bond acceptors (Lipinski definition) is 4. The van der Waals surface area contributed by atoms with Crippen molar-refractivity contribution in [3.63, 3.8) is 0 Å². The van der Waals surface area contributed by atoms with Crippen LogP contribution in [0.2, 0.25) is 0 Å². The number of rotatable bonds is 2. The number of hydrogen-bond donors (Lipinski definition) is 3. The van der Waals surface area contributed by atoms with Crippen molar-refractivity contribution >= 4 is 12.0 Å². The largest absolute Gasteiger partial charge is 0.504 e. The predicted octanol–water partition coefficient (Wildman–Crippen LogP) is 0.490. The molecule has 0 radical (unpaired) electrons. The van der Waals surface area contributed by atoms with E-state index in [0.29, 0.717) is 0 Å². The van der Waals surface area contributed by atoms with Crippen molar-refractivity contribution in [1.29, 1.82) is 5.26 Å². The fourth-order valence-electron chi connectivity index (χ4n) is 0.979. The number of carbonyl (C=O) groups is 1. The van der Waals surface area contributed by atoms with E-state index in [0.717, 1.165) is 6.08 Å². The first-order valence-electron chi connectivity index (χ1n) is 3.98. The van der Waals surface area contributed by atoms with E-state index in [1.165, 1.54) is 18.2 Å². The lowest BCUT2D eigenvalue weighted by Crippen LogP contribution is -2.12. The standard InChI is InChI=1S/C10H8N2O3/c11-5-7(10(12)15)4-6-2-1-3-8(13)9(6)14/h1-4,13-14H,(H2,12,15). The molecule has 5 nitrogen and oxygen atoms in total. The molecule has 4 N–H and O–H groups in total. The molecule has 0 atom stereocenters. The van der Waals surface area contributed by atoms with E-state index < -0.39 is 11.7 Å². The molecule has 0 aromatic heterocycles. The molecule has 1 amide bonds. The first kappa shape index (κ1) is 10.6. The van der Waals surface area contributed by atoms with Crippen molar-refractivity contribution in [1.82, 2.24) is 0 Å². The molecule has 0 fully saturated rings. The molecule has 0 unspecified atom stereocenters. The second-order valence-electron chi connectivity index (χ2n) is 2.75. The minimum Gasteiger partial charge on any atom is -0.504 e. The van der Waals surface area contributed by atoms with Crippen molar-refractivity contribution in [2.75, 3.05) is 0 Å². The maximum absolute atomic E-state index is 10.7. The maximum Gasteiger partial charge on any atom is 0.259 e. The number of amides is 1. The molecule has 1 rings (SSSR count). The van der Waals surface area contributed by atoms with Gasteiger partial charge in [0.15, 0.2) is 11.5 Å². The SMILES string of the molecule is N#CC(=Cc1cccc(O)c1O)C(N)=O. The Hall–Kier alpha value is -2.48. The monoisotopic (exact) mass is 204 g/mol. The maximum atomic E-state index is 10.7. The first-order valence-corrected chi connectivity index (χ1v) is 3.98. The van der Waals surface area contributed by atoms with Gasteiger partial charge in [-0.25, -0.2) is 0 Å². The van der Waals surface area contributed by atoms with Crippen LogP contribution in [0.25, 0.3) is 6.08 Å². The van der Waals surface area contributed by atoms with Crippen LogP contribution in [0.1, 0.15) is 5.56 Å². The number of nitrogens with two attached hydrogens (primary N) is 1. The minimum absolute atomic E-state index is 0.158. The van der Waals surface area contributed by atoms with Crippen LogP contribution in [0.4, 0.5) is 0 Å². The Kier molecular flexibility index (Phi) is 2.94. The molecule has 0 bridgehead atoms. The summed E-state index contributed by atoms with van der Waals surface area (Å²) >= 11 is 0. The van der Waals surface area contributed by atoms with Gasteiger partial charge in [-0.05, 0) is 12.1 Å². The summed E-state index contributed by atoms with van der Waals surface area (Å²) < 4.78 is 0. The van der Waals surface area contributed by atoms with Gasteiger partial charge in [-0.3, -0.25) is 4.79 Å². The van der Waals surface area contributed by atoms with Gasteiger partial charge in [0, 0.05) is 5.56 Å². The summed E-state index contributed by atoms with van der Waals surface area (Å²) in [5.41, 5.74) is 4.77. The molecule has 0 aliphatic carbocycles. The second kappa shape index (κ2) is 4.15. The van der Waals surface area contributed by atoms with Crippen LogP contribution < -0.4 is 5.73 Å². The second-order valence-corrected chi connectivity index (χ2v) is 2.75. The lowest BCUT2D eigenvalue weighted by molar-refractivity contribution is -0.114. The van der Waals surface area contributed by atoms with E-state index in [4.69, 9.17) is 16.1 Å². The fraction of sp³-hybridized carbons (Fsp3) is 0. The van der Waals surface area contributed by atoms with Gasteiger partial charge in [0.25, 0.3) is 5.91 Å². The van der Waals surface area contributed by atoms with Crippen LogP contribution in [0.3, 0.4) is 0 Å². The molecule has 0 saturated carbocycles. The van der Waals surface area contributed by atoms with Gasteiger partial charge in [0.1, 0.15) is 11.6 Å². The summed E-state index contributed by atoms with van der Waals surface area (Å²) in [6.45, 7) is 0. The van der Waals surface area contributed by atoms with Crippen LogP contribution in [0, 0.1) is 11.3 Å². The van der Waals surface area contributed by atoms with Gasteiger partial charge in [0.2, 0.25) is 0 Å². The quantitative estimate of drug-likeness (QED) is 0.370. The number of primary amides is 1. The molecule has 1 aromatic carbocycles. The molecule has 5 heteroatoms. The van der Waals surface area contributed by atoms with Gasteiger partial charge in [0.05, 0.1) is 0 Å². The highest BCUT2D eigenvalue weighted by molar-refractivity contribution is 6.00. The van der Waals surface area contributed by atoms with Crippen molar-refractivity contribution < 1.29 is 15.0 Å². The van der Waals surface area contributed by atoms with Gasteiger partial charge >= 0.3 is 0 Å². The highest BCUT2D eigenvalue weighted by atomic mass is 16.3. The summed E-state index contributed by atoms with van der Waals surface area (Å²) in [5, 5.41) is 27.1. The number of phenols is 2. The highest BCUT2D eigenvalue weighted by Crippen LogP contribution is 2.29. The Morgan fingerprint density at radius 2 is 2.13 bits per heavy atom. The number of benzene rings is 1. The normalized spacial score (nSPS) is 10.7. The Bertz CT molecular complexity index is 472. The first-order chi connectivity index (χ1) is 7.06. The molecule has 1 aromatic rings. The minimum atomic E-state index is -0.889. The van der Waals surface area contributed by atoms with Gasteiger partial charge < -0.3 is 15.9 Å². The third-order valence-electron chi connectivity index (χ3n) is 1.73. The highest BCUT2D eigenvalue weighted by Gasteiger charge is 2.07. The summed E-state index contributed by atoms with van der Waals surface area (Å²) in [6, 6.07) is 5.78. The van der Waals surface area contributed by atoms with Gasteiger partial charge in [-0.2, -0.15) is 5.26 Å². The number of nitriles is 1. The summed E-state index contributed by atoms with van der Waals surface area (Å²) in [4.78, 5) is 10.7. The molecular formula is C10H8N2O3.